The van der Waals surface area contributed by atoms with Gasteiger partial charge in [-0.15, -0.1) is 0 Å². The van der Waals surface area contributed by atoms with Crippen LogP contribution in [0.2, 0.25) is 36.3 Å². The van der Waals surface area contributed by atoms with Crippen LogP contribution in [0, 0.1) is 0 Å². The Balaban J connectivity index is 4.25. The van der Waals surface area contributed by atoms with Gasteiger partial charge in [-0.2, -0.15) is 0 Å². The molecule has 0 aromatic rings. The molecule has 0 aliphatic carbocycles. The Kier molecular flexibility index (Phi) is 18.2. The van der Waals surface area contributed by atoms with Gasteiger partial charge in [0.05, 0.1) is 12.9 Å². The minimum atomic E-state index is -1.89. The van der Waals surface area contributed by atoms with Crippen molar-refractivity contribution in [2.75, 3.05) is 13.2 Å². The first-order valence-electron chi connectivity index (χ1n) is 15.2. The summed E-state index contributed by atoms with van der Waals surface area (Å²) in [6.45, 7) is 26.5. The summed E-state index contributed by atoms with van der Waals surface area (Å²) in [6.07, 6.45) is 21.9. The van der Waals surface area contributed by atoms with Gasteiger partial charge in [0.2, 0.25) is 0 Å². The van der Waals surface area contributed by atoms with Crippen LogP contribution in [0.25, 0.3) is 0 Å². The zero-order valence-electron chi connectivity index (χ0n) is 26.6. The summed E-state index contributed by atoms with van der Waals surface area (Å²) < 4.78 is 19.2. The van der Waals surface area contributed by atoms with Crippen molar-refractivity contribution in [3.8, 4) is 0 Å². The second-order valence-corrected chi connectivity index (χ2v) is 23.5. The SMILES string of the molecule is CCCCCCCCCCCCCC/C=C\OCC(CO[Si](C)(C)C(C)(C)C)O[Si](C)(C)C(C)(C)C. The zero-order valence-corrected chi connectivity index (χ0v) is 28.6. The second kappa shape index (κ2) is 18.2. The summed E-state index contributed by atoms with van der Waals surface area (Å²) in [5.74, 6) is 0. The Bertz CT molecular complexity index is 559. The van der Waals surface area contributed by atoms with E-state index >= 15 is 0 Å². The van der Waals surface area contributed by atoms with E-state index in [9.17, 15) is 0 Å². The Morgan fingerprint density at radius 1 is 0.611 bits per heavy atom. The van der Waals surface area contributed by atoms with Gasteiger partial charge in [-0.3, -0.25) is 0 Å². The maximum absolute atomic E-state index is 6.71. The van der Waals surface area contributed by atoms with Crippen LogP contribution in [0.5, 0.6) is 0 Å². The van der Waals surface area contributed by atoms with E-state index in [0.29, 0.717) is 13.2 Å². The van der Waals surface area contributed by atoms with E-state index in [4.69, 9.17) is 13.6 Å². The van der Waals surface area contributed by atoms with E-state index in [1.54, 1.807) is 0 Å². The fourth-order valence-electron chi connectivity index (χ4n) is 3.63. The van der Waals surface area contributed by atoms with Gasteiger partial charge in [-0.25, -0.2) is 0 Å². The summed E-state index contributed by atoms with van der Waals surface area (Å²) in [5, 5.41) is 0.371. The van der Waals surface area contributed by atoms with E-state index in [1.807, 2.05) is 6.26 Å². The Hall–Kier alpha value is -0.106. The minimum Gasteiger partial charge on any atom is -0.499 e. The molecule has 36 heavy (non-hydrogen) atoms. The summed E-state index contributed by atoms with van der Waals surface area (Å²) in [7, 11) is -3.71. The number of hydrogen-bond donors (Lipinski definition) is 0. The van der Waals surface area contributed by atoms with Crippen LogP contribution in [-0.2, 0) is 13.6 Å². The molecule has 0 saturated carbocycles. The van der Waals surface area contributed by atoms with Crippen LogP contribution in [0.15, 0.2) is 12.3 Å². The molecule has 3 nitrogen and oxygen atoms in total. The van der Waals surface area contributed by atoms with Gasteiger partial charge < -0.3 is 13.6 Å². The molecule has 0 rings (SSSR count). The number of ether oxygens (including phenoxy) is 1. The molecule has 0 spiro atoms. The Morgan fingerprint density at radius 3 is 1.50 bits per heavy atom. The monoisotopic (exact) mass is 542 g/mol. The molecule has 5 heteroatoms. The average molecular weight is 543 g/mol. The van der Waals surface area contributed by atoms with E-state index < -0.39 is 16.6 Å². The smallest absolute Gasteiger partial charge is 0.192 e. The van der Waals surface area contributed by atoms with Crippen molar-refractivity contribution in [1.29, 1.82) is 0 Å². The third-order valence-electron chi connectivity index (χ3n) is 8.40. The first-order chi connectivity index (χ1) is 16.6. The molecule has 0 aliphatic rings. The molecule has 1 atom stereocenters. The van der Waals surface area contributed by atoms with Gasteiger partial charge in [-0.1, -0.05) is 119 Å². The summed E-state index contributed by atoms with van der Waals surface area (Å²) >= 11 is 0. The van der Waals surface area contributed by atoms with Crippen molar-refractivity contribution in [3.05, 3.63) is 12.3 Å². The Morgan fingerprint density at radius 2 is 1.06 bits per heavy atom. The molecule has 0 radical (unpaired) electrons. The molecule has 0 N–H and O–H groups in total. The molecule has 0 amide bonds. The predicted octanol–water partition coefficient (Wildman–Crippen LogP) is 11.0. The largest absolute Gasteiger partial charge is 0.499 e. The molecular formula is C31H66O3Si2. The molecule has 0 aromatic carbocycles. The highest BCUT2D eigenvalue weighted by molar-refractivity contribution is 6.74. The molecule has 0 aliphatic heterocycles. The lowest BCUT2D eigenvalue weighted by Crippen LogP contribution is -2.49. The van der Waals surface area contributed by atoms with Crippen LogP contribution in [0.3, 0.4) is 0 Å². The fourth-order valence-corrected chi connectivity index (χ4v) is 5.99. The van der Waals surface area contributed by atoms with E-state index in [1.165, 1.54) is 77.0 Å². The van der Waals surface area contributed by atoms with Gasteiger partial charge in [0.1, 0.15) is 12.7 Å². The molecule has 0 saturated heterocycles. The van der Waals surface area contributed by atoms with Crippen LogP contribution >= 0.6 is 0 Å². The van der Waals surface area contributed by atoms with Crippen molar-refractivity contribution in [3.63, 3.8) is 0 Å². The van der Waals surface area contributed by atoms with Gasteiger partial charge in [0.25, 0.3) is 0 Å². The highest BCUT2D eigenvalue weighted by Gasteiger charge is 2.41. The molecule has 0 heterocycles. The van der Waals surface area contributed by atoms with Crippen LogP contribution < -0.4 is 0 Å². The molecule has 1 unspecified atom stereocenters. The number of allylic oxidation sites excluding steroid dienone is 1. The van der Waals surface area contributed by atoms with Gasteiger partial charge in [-0.05, 0) is 55.2 Å². The van der Waals surface area contributed by atoms with Gasteiger partial charge in [0.15, 0.2) is 16.6 Å². The maximum atomic E-state index is 6.71. The van der Waals surface area contributed by atoms with Crippen molar-refractivity contribution < 1.29 is 13.6 Å². The van der Waals surface area contributed by atoms with Crippen LogP contribution in [-0.4, -0.2) is 36.0 Å². The standard InChI is InChI=1S/C31H66O3Si2/c1-12-13-14-15-16-17-18-19-20-21-22-23-24-25-26-32-27-29(34-36(10,11)31(5,6)7)28-33-35(8,9)30(2,3)4/h25-26,29H,12-24,27-28H2,1-11H3/b26-25-. The van der Waals surface area contributed by atoms with E-state index in [2.05, 4.69) is 80.7 Å². The molecule has 216 valence electrons. The van der Waals surface area contributed by atoms with E-state index in [0.717, 1.165) is 6.42 Å². The average Bonchev–Trinajstić information content (AvgIpc) is 2.75. The van der Waals surface area contributed by atoms with E-state index in [-0.39, 0.29) is 16.2 Å². The molecule has 0 bridgehead atoms. The normalized spacial score (nSPS) is 14.5. The molecular weight excluding hydrogens is 477 g/mol. The maximum Gasteiger partial charge on any atom is 0.192 e. The van der Waals surface area contributed by atoms with Crippen LogP contribution in [0.4, 0.5) is 0 Å². The Labute approximate surface area is 229 Å². The zero-order chi connectivity index (χ0) is 27.7. The molecule has 0 fully saturated rings. The first-order valence-corrected chi connectivity index (χ1v) is 21.0. The lowest BCUT2D eigenvalue weighted by molar-refractivity contribution is 0.0495. The lowest BCUT2D eigenvalue weighted by Gasteiger charge is -2.41. The van der Waals surface area contributed by atoms with Crippen molar-refractivity contribution in [2.45, 2.75) is 174 Å². The second-order valence-electron chi connectivity index (χ2n) is 14.0. The lowest BCUT2D eigenvalue weighted by atomic mass is 10.0. The highest BCUT2D eigenvalue weighted by atomic mass is 28.4. The number of unbranched alkanes of at least 4 members (excludes halogenated alkanes) is 12. The number of rotatable bonds is 21. The van der Waals surface area contributed by atoms with Crippen molar-refractivity contribution in [1.82, 2.24) is 0 Å². The van der Waals surface area contributed by atoms with Crippen molar-refractivity contribution in [2.24, 2.45) is 0 Å². The fraction of sp³-hybridized carbons (Fsp3) is 0.935. The first kappa shape index (κ1) is 35.9. The minimum absolute atomic E-state index is 0.0173. The number of hydrogen-bond acceptors (Lipinski definition) is 3. The van der Waals surface area contributed by atoms with Gasteiger partial charge >= 0.3 is 0 Å². The third kappa shape index (κ3) is 16.7. The highest BCUT2D eigenvalue weighted by Crippen LogP contribution is 2.39. The summed E-state index contributed by atoms with van der Waals surface area (Å²) in [5.41, 5.74) is 0. The topological polar surface area (TPSA) is 27.7 Å². The third-order valence-corrected chi connectivity index (χ3v) is 17.4. The summed E-state index contributed by atoms with van der Waals surface area (Å²) in [4.78, 5) is 0. The van der Waals surface area contributed by atoms with Crippen molar-refractivity contribution >= 4 is 16.6 Å². The quantitative estimate of drug-likeness (QED) is 0.0819. The predicted molar refractivity (Wildman–Crippen MR) is 166 cm³/mol. The van der Waals surface area contributed by atoms with Gasteiger partial charge in [0, 0.05) is 0 Å². The summed E-state index contributed by atoms with van der Waals surface area (Å²) in [6, 6.07) is 0. The van der Waals surface area contributed by atoms with Crippen LogP contribution in [0.1, 0.15) is 132 Å². The molecule has 0 aromatic heterocycles.